The molecule has 1 saturated heterocycles. The fourth-order valence-electron chi connectivity index (χ4n) is 2.74. The van der Waals surface area contributed by atoms with Gasteiger partial charge in [0.2, 0.25) is 0 Å². The molecule has 0 radical (unpaired) electrons. The van der Waals surface area contributed by atoms with Crippen molar-refractivity contribution in [1.82, 2.24) is 0 Å². The predicted molar refractivity (Wildman–Crippen MR) is 86.5 cm³/mol. The van der Waals surface area contributed by atoms with Crippen LogP contribution >= 0.6 is 11.6 Å². The summed E-state index contributed by atoms with van der Waals surface area (Å²) in [5.74, 6) is 1.68. The van der Waals surface area contributed by atoms with Crippen LogP contribution < -0.4 is 9.64 Å². The second kappa shape index (κ2) is 8.62. The Labute approximate surface area is 133 Å². The van der Waals surface area contributed by atoms with Crippen LogP contribution in [-0.2, 0) is 4.74 Å². The maximum absolute atomic E-state index is 6.11. The molecule has 21 heavy (non-hydrogen) atoms. The molecule has 4 heteroatoms. The number of para-hydroxylation sites is 1. The Morgan fingerprint density at radius 3 is 2.67 bits per heavy atom. The average Bonchev–Trinajstić information content (AvgIpc) is 2.47. The summed E-state index contributed by atoms with van der Waals surface area (Å²) in [5.41, 5.74) is 1.06. The zero-order valence-corrected chi connectivity index (χ0v) is 13.9. The number of likely N-dealkylation sites (tertiary alicyclic amines) is 1. The summed E-state index contributed by atoms with van der Waals surface area (Å²) in [4.78, 5) is 1.68. The highest BCUT2D eigenvalue weighted by atomic mass is 35.5. The van der Waals surface area contributed by atoms with E-state index in [1.165, 1.54) is 25.9 Å². The predicted octanol–water partition coefficient (Wildman–Crippen LogP) is 2.36. The van der Waals surface area contributed by atoms with Crippen molar-refractivity contribution < 1.29 is 14.4 Å². The van der Waals surface area contributed by atoms with Gasteiger partial charge in [0.15, 0.2) is 0 Å². The number of hydrogen-bond acceptors (Lipinski definition) is 2. The number of ether oxygens (including phenoxy) is 2. The van der Waals surface area contributed by atoms with E-state index < -0.39 is 0 Å². The molecule has 0 unspecified atom stereocenters. The van der Waals surface area contributed by atoms with Crippen LogP contribution in [-0.4, -0.2) is 39.5 Å². The second-order valence-corrected chi connectivity index (χ2v) is 6.44. The molecule has 1 aromatic carbocycles. The van der Waals surface area contributed by atoms with E-state index in [4.69, 9.17) is 21.1 Å². The van der Waals surface area contributed by atoms with Crippen LogP contribution in [0.5, 0.6) is 5.75 Å². The lowest BCUT2D eigenvalue weighted by Gasteiger charge is -2.27. The minimum atomic E-state index is 0.553. The number of piperidine rings is 1. The molecule has 3 nitrogen and oxygen atoms in total. The second-order valence-electron chi connectivity index (χ2n) is 6.03. The van der Waals surface area contributed by atoms with Crippen LogP contribution in [0.1, 0.15) is 25.3 Å². The number of benzene rings is 1. The summed E-state index contributed by atoms with van der Waals surface area (Å²) in [6.45, 7) is 10.0. The lowest BCUT2D eigenvalue weighted by molar-refractivity contribution is -0.906. The number of aryl methyl sites for hydroxylation is 1. The number of rotatable bonds is 7. The topological polar surface area (TPSA) is 22.9 Å². The highest BCUT2D eigenvalue weighted by molar-refractivity contribution is 6.32. The van der Waals surface area contributed by atoms with Crippen LogP contribution in [0.4, 0.5) is 0 Å². The van der Waals surface area contributed by atoms with Crippen LogP contribution in [0, 0.1) is 12.8 Å². The highest BCUT2D eigenvalue weighted by Crippen LogP contribution is 2.27. The summed E-state index contributed by atoms with van der Waals surface area (Å²) in [6.07, 6.45) is 2.70. The van der Waals surface area contributed by atoms with Gasteiger partial charge in [-0.1, -0.05) is 30.7 Å². The summed E-state index contributed by atoms with van der Waals surface area (Å²) < 4.78 is 11.4. The van der Waals surface area contributed by atoms with Gasteiger partial charge in [-0.3, -0.25) is 0 Å². The molecule has 0 bridgehead atoms. The van der Waals surface area contributed by atoms with E-state index in [9.17, 15) is 0 Å². The van der Waals surface area contributed by atoms with Crippen LogP contribution in [0.15, 0.2) is 18.2 Å². The third kappa shape index (κ3) is 5.50. The first-order valence-corrected chi connectivity index (χ1v) is 8.34. The smallest absolute Gasteiger partial charge is 0.140 e. The van der Waals surface area contributed by atoms with Crippen LogP contribution in [0.3, 0.4) is 0 Å². The summed E-state index contributed by atoms with van der Waals surface area (Å²) in [6, 6.07) is 5.79. The minimum absolute atomic E-state index is 0.553. The molecule has 1 heterocycles. The van der Waals surface area contributed by atoms with E-state index in [0.29, 0.717) is 18.2 Å². The minimum Gasteiger partial charge on any atom is -0.489 e. The lowest BCUT2D eigenvalue weighted by atomic mass is 9.99. The number of hydrogen-bond donors (Lipinski definition) is 1. The van der Waals surface area contributed by atoms with Crippen molar-refractivity contribution in [2.45, 2.75) is 26.7 Å². The van der Waals surface area contributed by atoms with Crippen molar-refractivity contribution >= 4 is 11.6 Å². The molecule has 1 aliphatic rings. The van der Waals surface area contributed by atoms with Crippen molar-refractivity contribution in [3.05, 3.63) is 28.8 Å². The van der Waals surface area contributed by atoms with Gasteiger partial charge in [0.25, 0.3) is 0 Å². The zero-order chi connectivity index (χ0) is 15.1. The van der Waals surface area contributed by atoms with Crippen molar-refractivity contribution in [3.8, 4) is 5.75 Å². The Balaban J connectivity index is 1.56. The molecule has 0 saturated carbocycles. The number of quaternary nitrogens is 1. The molecule has 1 aliphatic heterocycles. The Morgan fingerprint density at radius 2 is 1.95 bits per heavy atom. The Hall–Kier alpha value is -0.770. The first-order chi connectivity index (χ1) is 10.2. The van der Waals surface area contributed by atoms with Crippen LogP contribution in [0.25, 0.3) is 0 Å². The van der Waals surface area contributed by atoms with Gasteiger partial charge in [-0.2, -0.15) is 0 Å². The summed E-state index contributed by atoms with van der Waals surface area (Å²) in [5, 5.41) is 0.668. The van der Waals surface area contributed by atoms with Gasteiger partial charge in [0, 0.05) is 0 Å². The molecule has 1 N–H and O–H groups in total. The SMILES string of the molecule is Cc1cccc(Cl)c1OCCOCC[NH+]1CCC(C)CC1. The van der Waals surface area contributed by atoms with Crippen molar-refractivity contribution in [2.75, 3.05) is 39.5 Å². The third-order valence-corrected chi connectivity index (χ3v) is 4.52. The fourth-order valence-corrected chi connectivity index (χ4v) is 3.02. The van der Waals surface area contributed by atoms with Gasteiger partial charge < -0.3 is 14.4 Å². The van der Waals surface area contributed by atoms with Crippen LogP contribution in [0.2, 0.25) is 5.02 Å². The van der Waals surface area contributed by atoms with E-state index in [1.807, 2.05) is 25.1 Å². The first-order valence-electron chi connectivity index (χ1n) is 7.96. The quantitative estimate of drug-likeness (QED) is 0.781. The Kier molecular flexibility index (Phi) is 6.81. The van der Waals surface area contributed by atoms with Crippen molar-refractivity contribution in [2.24, 2.45) is 5.92 Å². The van der Waals surface area contributed by atoms with Gasteiger partial charge in [-0.15, -0.1) is 0 Å². The third-order valence-electron chi connectivity index (χ3n) is 4.22. The molecule has 0 aromatic heterocycles. The molecule has 0 aliphatic carbocycles. The molecule has 118 valence electrons. The monoisotopic (exact) mass is 312 g/mol. The highest BCUT2D eigenvalue weighted by Gasteiger charge is 2.18. The van der Waals surface area contributed by atoms with E-state index in [0.717, 1.165) is 30.4 Å². The normalized spacial score (nSPS) is 22.2. The van der Waals surface area contributed by atoms with Crippen molar-refractivity contribution in [1.29, 1.82) is 0 Å². The molecule has 0 amide bonds. The van der Waals surface area contributed by atoms with E-state index in [-0.39, 0.29) is 0 Å². The molecular weight excluding hydrogens is 286 g/mol. The first kappa shape index (κ1) is 16.6. The van der Waals surface area contributed by atoms with Gasteiger partial charge in [-0.25, -0.2) is 0 Å². The van der Waals surface area contributed by atoms with E-state index in [2.05, 4.69) is 6.92 Å². The maximum atomic E-state index is 6.11. The number of halogens is 1. The maximum Gasteiger partial charge on any atom is 0.140 e. The summed E-state index contributed by atoms with van der Waals surface area (Å²) in [7, 11) is 0. The Morgan fingerprint density at radius 1 is 1.19 bits per heavy atom. The van der Waals surface area contributed by atoms with Gasteiger partial charge in [0.1, 0.15) is 18.9 Å². The molecule has 2 rings (SSSR count). The molecule has 0 atom stereocenters. The van der Waals surface area contributed by atoms with Gasteiger partial charge in [0.05, 0.1) is 31.3 Å². The molecule has 1 aromatic rings. The summed E-state index contributed by atoms with van der Waals surface area (Å²) >= 11 is 6.11. The Bertz CT molecular complexity index is 411. The average molecular weight is 313 g/mol. The zero-order valence-electron chi connectivity index (χ0n) is 13.2. The molecular formula is C17H27ClNO2+. The van der Waals surface area contributed by atoms with E-state index in [1.54, 1.807) is 4.90 Å². The van der Waals surface area contributed by atoms with E-state index >= 15 is 0 Å². The molecule has 1 fully saturated rings. The van der Waals surface area contributed by atoms with Crippen molar-refractivity contribution in [3.63, 3.8) is 0 Å². The standard InChI is InChI=1S/C17H26ClNO2/c1-14-6-8-19(9-7-14)10-11-20-12-13-21-17-15(2)4-3-5-16(17)18/h3-5,14H,6-13H2,1-2H3/p+1. The molecule has 0 spiro atoms. The van der Waals surface area contributed by atoms with Gasteiger partial charge in [-0.05, 0) is 37.3 Å². The van der Waals surface area contributed by atoms with Gasteiger partial charge >= 0.3 is 0 Å². The number of nitrogens with one attached hydrogen (secondary N) is 1. The largest absolute Gasteiger partial charge is 0.489 e. The lowest BCUT2D eigenvalue weighted by Crippen LogP contribution is -3.13. The fraction of sp³-hybridized carbons (Fsp3) is 0.647.